The zero-order valence-electron chi connectivity index (χ0n) is 9.48. The van der Waals surface area contributed by atoms with Crippen molar-refractivity contribution < 1.29 is 19.8 Å². The van der Waals surface area contributed by atoms with Crippen molar-refractivity contribution in [2.45, 2.75) is 38.6 Å². The molecule has 0 saturated heterocycles. The van der Waals surface area contributed by atoms with Crippen LogP contribution in [0.1, 0.15) is 32.6 Å². The van der Waals surface area contributed by atoms with E-state index in [1.54, 1.807) is 0 Å². The van der Waals surface area contributed by atoms with Gasteiger partial charge in [-0.1, -0.05) is 6.92 Å². The molecule has 1 aliphatic carbocycles. The molecule has 1 atom stereocenters. The Morgan fingerprint density at radius 2 is 1.88 bits per heavy atom. The molecule has 1 aliphatic rings. The summed E-state index contributed by atoms with van der Waals surface area (Å²) in [6.07, 6.45) is 3.64. The van der Waals surface area contributed by atoms with Crippen molar-refractivity contribution in [1.82, 2.24) is 5.32 Å². The summed E-state index contributed by atoms with van der Waals surface area (Å²) in [5.41, 5.74) is 0. The zero-order chi connectivity index (χ0) is 12.1. The van der Waals surface area contributed by atoms with Crippen LogP contribution < -0.4 is 5.32 Å². The molecule has 0 spiro atoms. The summed E-state index contributed by atoms with van der Waals surface area (Å²) >= 11 is 0. The van der Waals surface area contributed by atoms with Crippen LogP contribution in [0.3, 0.4) is 0 Å². The number of aliphatic hydroxyl groups excluding tert-OH is 1. The molecule has 1 rings (SSSR count). The van der Waals surface area contributed by atoms with Crippen LogP contribution in [-0.4, -0.2) is 34.7 Å². The van der Waals surface area contributed by atoms with Gasteiger partial charge in [-0.15, -0.1) is 0 Å². The van der Waals surface area contributed by atoms with Gasteiger partial charge in [0.2, 0.25) is 5.91 Å². The fourth-order valence-electron chi connectivity index (χ4n) is 2.00. The molecule has 0 bridgehead atoms. The number of nitrogens with one attached hydrogen (secondary N) is 1. The van der Waals surface area contributed by atoms with E-state index in [0.29, 0.717) is 5.92 Å². The van der Waals surface area contributed by atoms with Crippen molar-refractivity contribution in [2.24, 2.45) is 11.8 Å². The molecule has 16 heavy (non-hydrogen) atoms. The molecule has 0 aromatic rings. The summed E-state index contributed by atoms with van der Waals surface area (Å²) in [5, 5.41) is 19.8. The molecule has 3 N–H and O–H groups in total. The fourth-order valence-corrected chi connectivity index (χ4v) is 2.00. The van der Waals surface area contributed by atoms with Gasteiger partial charge in [0.25, 0.3) is 0 Å². The molecule has 0 heterocycles. The van der Waals surface area contributed by atoms with E-state index in [9.17, 15) is 9.59 Å². The first-order chi connectivity index (χ1) is 7.54. The molecule has 0 unspecified atom stereocenters. The number of carboxylic acids is 1. The van der Waals surface area contributed by atoms with Crippen molar-refractivity contribution in [3.8, 4) is 0 Å². The van der Waals surface area contributed by atoms with Crippen molar-refractivity contribution in [2.75, 3.05) is 6.61 Å². The van der Waals surface area contributed by atoms with E-state index in [0.717, 1.165) is 25.7 Å². The van der Waals surface area contributed by atoms with Crippen LogP contribution in [0.5, 0.6) is 0 Å². The first-order valence-electron chi connectivity index (χ1n) is 5.68. The number of aliphatic hydroxyl groups is 1. The van der Waals surface area contributed by atoms with Gasteiger partial charge in [0, 0.05) is 5.92 Å². The fraction of sp³-hybridized carbons (Fsp3) is 0.818. The van der Waals surface area contributed by atoms with Crippen molar-refractivity contribution in [1.29, 1.82) is 0 Å². The van der Waals surface area contributed by atoms with E-state index >= 15 is 0 Å². The number of hydrogen-bond acceptors (Lipinski definition) is 3. The van der Waals surface area contributed by atoms with E-state index < -0.39 is 18.6 Å². The van der Waals surface area contributed by atoms with Gasteiger partial charge >= 0.3 is 5.97 Å². The molecule has 5 heteroatoms. The molecular formula is C11H19NO4. The number of carboxylic acid groups (broad SMARTS) is 1. The molecule has 1 fully saturated rings. The Morgan fingerprint density at radius 1 is 1.31 bits per heavy atom. The third-order valence-electron chi connectivity index (χ3n) is 3.18. The summed E-state index contributed by atoms with van der Waals surface area (Å²) in [6.45, 7) is 1.59. The second kappa shape index (κ2) is 5.84. The molecule has 5 nitrogen and oxygen atoms in total. The molecule has 1 amide bonds. The molecular weight excluding hydrogens is 210 g/mol. The molecule has 0 aromatic heterocycles. The third kappa shape index (κ3) is 3.48. The quantitative estimate of drug-likeness (QED) is 0.650. The first-order valence-corrected chi connectivity index (χ1v) is 5.68. The minimum Gasteiger partial charge on any atom is -0.480 e. The van der Waals surface area contributed by atoms with Crippen LogP contribution in [-0.2, 0) is 9.59 Å². The van der Waals surface area contributed by atoms with Crippen LogP contribution in [0.15, 0.2) is 0 Å². The number of carbonyl (C=O) groups excluding carboxylic acids is 1. The third-order valence-corrected chi connectivity index (χ3v) is 3.18. The monoisotopic (exact) mass is 229 g/mol. The number of amides is 1. The largest absolute Gasteiger partial charge is 0.480 e. The second-order valence-electron chi connectivity index (χ2n) is 4.54. The summed E-state index contributed by atoms with van der Waals surface area (Å²) < 4.78 is 0. The van der Waals surface area contributed by atoms with Gasteiger partial charge in [0.1, 0.15) is 6.04 Å². The number of rotatable bonds is 4. The summed E-state index contributed by atoms with van der Waals surface area (Å²) in [4.78, 5) is 22.3. The smallest absolute Gasteiger partial charge is 0.328 e. The Morgan fingerprint density at radius 3 is 2.31 bits per heavy atom. The highest BCUT2D eigenvalue weighted by Gasteiger charge is 2.27. The number of aliphatic carboxylic acids is 1. The van der Waals surface area contributed by atoms with Crippen LogP contribution in [0.2, 0.25) is 0 Å². The van der Waals surface area contributed by atoms with Crippen molar-refractivity contribution in [3.05, 3.63) is 0 Å². The highest BCUT2D eigenvalue weighted by Crippen LogP contribution is 2.28. The van der Waals surface area contributed by atoms with Crippen LogP contribution in [0.4, 0.5) is 0 Å². The highest BCUT2D eigenvalue weighted by molar-refractivity contribution is 5.85. The average Bonchev–Trinajstić information content (AvgIpc) is 2.26. The summed E-state index contributed by atoms with van der Waals surface area (Å²) in [6, 6.07) is -1.17. The van der Waals surface area contributed by atoms with Crippen LogP contribution in [0, 0.1) is 11.8 Å². The van der Waals surface area contributed by atoms with Gasteiger partial charge in [-0.2, -0.15) is 0 Å². The normalized spacial score (nSPS) is 27.1. The van der Waals surface area contributed by atoms with Gasteiger partial charge in [-0.3, -0.25) is 4.79 Å². The lowest BCUT2D eigenvalue weighted by Crippen LogP contribution is -2.46. The molecule has 92 valence electrons. The zero-order valence-corrected chi connectivity index (χ0v) is 9.48. The Labute approximate surface area is 94.8 Å². The first kappa shape index (κ1) is 13.0. The molecule has 0 aliphatic heterocycles. The van der Waals surface area contributed by atoms with Gasteiger partial charge in [-0.25, -0.2) is 4.79 Å². The topological polar surface area (TPSA) is 86.6 Å². The molecule has 1 saturated carbocycles. The number of hydrogen-bond donors (Lipinski definition) is 3. The highest BCUT2D eigenvalue weighted by atomic mass is 16.4. The van der Waals surface area contributed by atoms with E-state index in [-0.39, 0.29) is 11.8 Å². The molecule has 0 aromatic carbocycles. The molecule has 0 radical (unpaired) electrons. The van der Waals surface area contributed by atoms with Gasteiger partial charge in [-0.05, 0) is 31.6 Å². The maximum Gasteiger partial charge on any atom is 0.328 e. The minimum atomic E-state index is -1.19. The van der Waals surface area contributed by atoms with Crippen LogP contribution in [0.25, 0.3) is 0 Å². The second-order valence-corrected chi connectivity index (χ2v) is 4.54. The predicted molar refractivity (Wildman–Crippen MR) is 57.8 cm³/mol. The standard InChI is InChI=1S/C11H19NO4/c1-7-2-4-8(5-3-7)10(14)12-9(6-13)11(15)16/h7-9,13H,2-6H2,1H3,(H,12,14)(H,15,16)/t7?,8?,9-/m0/s1. The Kier molecular flexibility index (Phi) is 4.73. The SMILES string of the molecule is CC1CCC(C(=O)N[C@@H](CO)C(=O)O)CC1. The number of carbonyl (C=O) groups is 2. The lowest BCUT2D eigenvalue weighted by molar-refractivity contribution is -0.143. The van der Waals surface area contributed by atoms with Gasteiger partial charge in [0.15, 0.2) is 0 Å². The Balaban J connectivity index is 2.42. The minimum absolute atomic E-state index is 0.0930. The van der Waals surface area contributed by atoms with Gasteiger partial charge in [0.05, 0.1) is 6.61 Å². The van der Waals surface area contributed by atoms with Crippen molar-refractivity contribution in [3.63, 3.8) is 0 Å². The van der Waals surface area contributed by atoms with E-state index in [1.165, 1.54) is 0 Å². The Hall–Kier alpha value is -1.10. The lowest BCUT2D eigenvalue weighted by atomic mass is 9.82. The summed E-state index contributed by atoms with van der Waals surface area (Å²) in [7, 11) is 0. The van der Waals surface area contributed by atoms with Crippen LogP contribution >= 0.6 is 0 Å². The summed E-state index contributed by atoms with van der Waals surface area (Å²) in [5.74, 6) is -0.880. The van der Waals surface area contributed by atoms with E-state index in [2.05, 4.69) is 12.2 Å². The maximum absolute atomic E-state index is 11.7. The lowest BCUT2D eigenvalue weighted by Gasteiger charge is -2.26. The average molecular weight is 229 g/mol. The predicted octanol–water partition coefficient (Wildman–Crippen LogP) is 0.374. The Bertz CT molecular complexity index is 259. The van der Waals surface area contributed by atoms with E-state index in [4.69, 9.17) is 10.2 Å². The van der Waals surface area contributed by atoms with Crippen molar-refractivity contribution >= 4 is 11.9 Å². The van der Waals surface area contributed by atoms with Gasteiger partial charge < -0.3 is 15.5 Å². The van der Waals surface area contributed by atoms with E-state index in [1.807, 2.05) is 0 Å². The maximum atomic E-state index is 11.7.